The summed E-state index contributed by atoms with van der Waals surface area (Å²) in [5.41, 5.74) is 0.155. The number of esters is 1. The zero-order valence-electron chi connectivity index (χ0n) is 14.2. The average Bonchev–Trinajstić information content (AvgIpc) is 2.51. The number of amides is 1. The molecule has 0 saturated heterocycles. The van der Waals surface area contributed by atoms with Crippen LogP contribution < -0.4 is 5.32 Å². The normalized spacial score (nSPS) is 13.7. The summed E-state index contributed by atoms with van der Waals surface area (Å²) in [6.07, 6.45) is -3.66. The molecule has 1 aromatic carbocycles. The maximum atomic E-state index is 11.7. The SMILES string of the molecule is CC(C)(C)OC(=O)NCC[C@H](O)[C@@H](O)C(=O)OCc1ccccc1. The van der Waals surface area contributed by atoms with Gasteiger partial charge in [-0.15, -0.1) is 0 Å². The summed E-state index contributed by atoms with van der Waals surface area (Å²) in [6, 6.07) is 9.00. The van der Waals surface area contributed by atoms with E-state index in [-0.39, 0.29) is 19.6 Å². The maximum absolute atomic E-state index is 11.7. The highest BCUT2D eigenvalue weighted by molar-refractivity contribution is 5.75. The summed E-state index contributed by atoms with van der Waals surface area (Å²) in [6.45, 7) is 5.26. The van der Waals surface area contributed by atoms with Gasteiger partial charge in [-0.25, -0.2) is 9.59 Å². The number of benzene rings is 1. The molecule has 0 aliphatic rings. The van der Waals surface area contributed by atoms with E-state index >= 15 is 0 Å². The van der Waals surface area contributed by atoms with Crippen molar-refractivity contribution in [2.24, 2.45) is 0 Å². The lowest BCUT2D eigenvalue weighted by Gasteiger charge is -2.20. The molecule has 1 aromatic rings. The van der Waals surface area contributed by atoms with Crippen molar-refractivity contribution < 1.29 is 29.3 Å². The Labute approximate surface area is 141 Å². The van der Waals surface area contributed by atoms with Gasteiger partial charge in [0, 0.05) is 6.54 Å². The van der Waals surface area contributed by atoms with E-state index in [1.54, 1.807) is 45.0 Å². The highest BCUT2D eigenvalue weighted by Gasteiger charge is 2.26. The molecule has 3 N–H and O–H groups in total. The monoisotopic (exact) mass is 339 g/mol. The minimum Gasteiger partial charge on any atom is -0.459 e. The number of aliphatic hydroxyl groups is 2. The molecule has 134 valence electrons. The average molecular weight is 339 g/mol. The summed E-state index contributed by atoms with van der Waals surface area (Å²) >= 11 is 0. The van der Waals surface area contributed by atoms with Crippen LogP contribution in [0.3, 0.4) is 0 Å². The van der Waals surface area contributed by atoms with Gasteiger partial charge in [0.15, 0.2) is 6.10 Å². The second kappa shape index (κ2) is 9.24. The molecule has 0 spiro atoms. The molecule has 0 aliphatic heterocycles. The summed E-state index contributed by atoms with van der Waals surface area (Å²) in [4.78, 5) is 23.1. The Morgan fingerprint density at radius 2 is 1.79 bits per heavy atom. The van der Waals surface area contributed by atoms with Crippen LogP contribution in [-0.4, -0.2) is 46.6 Å². The van der Waals surface area contributed by atoms with Gasteiger partial charge in [0.05, 0.1) is 6.10 Å². The molecule has 7 nitrogen and oxygen atoms in total. The van der Waals surface area contributed by atoms with Crippen molar-refractivity contribution in [3.63, 3.8) is 0 Å². The number of hydrogen-bond donors (Lipinski definition) is 3. The highest BCUT2D eigenvalue weighted by Crippen LogP contribution is 2.07. The fourth-order valence-electron chi connectivity index (χ4n) is 1.77. The Morgan fingerprint density at radius 1 is 1.17 bits per heavy atom. The predicted molar refractivity (Wildman–Crippen MR) is 87.1 cm³/mol. The van der Waals surface area contributed by atoms with Crippen molar-refractivity contribution in [2.75, 3.05) is 6.54 Å². The molecule has 7 heteroatoms. The molecule has 0 unspecified atom stereocenters. The topological polar surface area (TPSA) is 105 Å². The Bertz CT molecular complexity index is 526. The summed E-state index contributed by atoms with van der Waals surface area (Å²) in [7, 11) is 0. The molecule has 2 atom stereocenters. The summed E-state index contributed by atoms with van der Waals surface area (Å²) in [5.74, 6) is -0.913. The molecule has 0 radical (unpaired) electrons. The quantitative estimate of drug-likeness (QED) is 0.648. The number of rotatable bonds is 7. The third-order valence-electron chi connectivity index (χ3n) is 2.94. The molecule has 0 aliphatic carbocycles. The lowest BCUT2D eigenvalue weighted by molar-refractivity contribution is -0.161. The van der Waals surface area contributed by atoms with E-state index in [4.69, 9.17) is 9.47 Å². The fourth-order valence-corrected chi connectivity index (χ4v) is 1.77. The maximum Gasteiger partial charge on any atom is 0.407 e. The number of ether oxygens (including phenoxy) is 2. The van der Waals surface area contributed by atoms with E-state index in [0.29, 0.717) is 0 Å². The minimum absolute atomic E-state index is 0.0130. The lowest BCUT2D eigenvalue weighted by atomic mass is 10.1. The third-order valence-corrected chi connectivity index (χ3v) is 2.94. The van der Waals surface area contributed by atoms with E-state index in [1.165, 1.54) is 0 Å². The molecule has 0 bridgehead atoms. The van der Waals surface area contributed by atoms with Crippen molar-refractivity contribution in [3.8, 4) is 0 Å². The van der Waals surface area contributed by atoms with Gasteiger partial charge in [-0.2, -0.15) is 0 Å². The summed E-state index contributed by atoms with van der Waals surface area (Å²) in [5, 5.41) is 22.0. The van der Waals surface area contributed by atoms with Gasteiger partial charge < -0.3 is 25.0 Å². The Hall–Kier alpha value is -2.12. The van der Waals surface area contributed by atoms with Crippen LogP contribution in [0.1, 0.15) is 32.8 Å². The zero-order chi connectivity index (χ0) is 18.2. The predicted octanol–water partition coefficient (Wildman–Crippen LogP) is 1.37. The first-order chi connectivity index (χ1) is 11.2. The Morgan fingerprint density at radius 3 is 2.38 bits per heavy atom. The molecular formula is C17H25NO6. The minimum atomic E-state index is -1.67. The molecule has 1 rings (SSSR count). The van der Waals surface area contributed by atoms with Crippen LogP contribution >= 0.6 is 0 Å². The molecule has 0 heterocycles. The van der Waals surface area contributed by atoms with Gasteiger partial charge in [0.25, 0.3) is 0 Å². The third kappa shape index (κ3) is 7.94. The van der Waals surface area contributed by atoms with E-state index < -0.39 is 29.9 Å². The van der Waals surface area contributed by atoms with Crippen molar-refractivity contribution in [3.05, 3.63) is 35.9 Å². The fraction of sp³-hybridized carbons (Fsp3) is 0.529. The van der Waals surface area contributed by atoms with Crippen LogP contribution in [0, 0.1) is 0 Å². The molecule has 0 fully saturated rings. The van der Waals surface area contributed by atoms with Crippen LogP contribution in [0.2, 0.25) is 0 Å². The van der Waals surface area contributed by atoms with Gasteiger partial charge in [0.1, 0.15) is 12.2 Å². The lowest BCUT2D eigenvalue weighted by Crippen LogP contribution is -2.39. The van der Waals surface area contributed by atoms with Crippen LogP contribution in [0.4, 0.5) is 4.79 Å². The molecule has 1 amide bonds. The van der Waals surface area contributed by atoms with Crippen LogP contribution in [0.25, 0.3) is 0 Å². The number of alkyl carbamates (subject to hydrolysis) is 1. The van der Waals surface area contributed by atoms with Crippen molar-refractivity contribution in [1.29, 1.82) is 0 Å². The Balaban J connectivity index is 2.29. The number of carbonyl (C=O) groups is 2. The van der Waals surface area contributed by atoms with Gasteiger partial charge in [0.2, 0.25) is 0 Å². The van der Waals surface area contributed by atoms with Gasteiger partial charge in [-0.3, -0.25) is 0 Å². The van der Waals surface area contributed by atoms with Crippen LogP contribution in [0.15, 0.2) is 30.3 Å². The number of nitrogens with one attached hydrogen (secondary N) is 1. The number of aliphatic hydroxyl groups excluding tert-OH is 2. The van der Waals surface area contributed by atoms with Crippen molar-refractivity contribution in [1.82, 2.24) is 5.32 Å². The second-order valence-corrected chi connectivity index (χ2v) is 6.32. The van der Waals surface area contributed by atoms with Gasteiger partial charge in [-0.05, 0) is 32.8 Å². The zero-order valence-corrected chi connectivity index (χ0v) is 14.2. The first-order valence-corrected chi connectivity index (χ1v) is 7.72. The second-order valence-electron chi connectivity index (χ2n) is 6.32. The smallest absolute Gasteiger partial charge is 0.407 e. The number of hydrogen-bond acceptors (Lipinski definition) is 6. The van der Waals surface area contributed by atoms with E-state index in [2.05, 4.69) is 5.32 Å². The van der Waals surface area contributed by atoms with Gasteiger partial charge in [-0.1, -0.05) is 30.3 Å². The molecule has 0 saturated carbocycles. The molecule has 24 heavy (non-hydrogen) atoms. The van der Waals surface area contributed by atoms with Crippen LogP contribution in [0.5, 0.6) is 0 Å². The molecule has 0 aromatic heterocycles. The standard InChI is InChI=1S/C17H25NO6/c1-17(2,3)24-16(22)18-10-9-13(19)14(20)15(21)23-11-12-7-5-4-6-8-12/h4-8,13-14,19-20H,9-11H2,1-3H3,(H,18,22)/t13-,14+/m0/s1. The first-order valence-electron chi connectivity index (χ1n) is 7.72. The van der Waals surface area contributed by atoms with E-state index in [0.717, 1.165) is 5.56 Å². The van der Waals surface area contributed by atoms with Gasteiger partial charge >= 0.3 is 12.1 Å². The van der Waals surface area contributed by atoms with Crippen molar-refractivity contribution in [2.45, 2.75) is 51.6 Å². The number of carbonyl (C=O) groups excluding carboxylic acids is 2. The van der Waals surface area contributed by atoms with Crippen LogP contribution in [-0.2, 0) is 20.9 Å². The largest absolute Gasteiger partial charge is 0.459 e. The van der Waals surface area contributed by atoms with E-state index in [1.807, 2.05) is 6.07 Å². The summed E-state index contributed by atoms with van der Waals surface area (Å²) < 4.78 is 9.97. The van der Waals surface area contributed by atoms with E-state index in [9.17, 15) is 19.8 Å². The molecular weight excluding hydrogens is 314 g/mol. The first kappa shape index (κ1) is 19.9. The highest BCUT2D eigenvalue weighted by atomic mass is 16.6. The van der Waals surface area contributed by atoms with Crippen molar-refractivity contribution >= 4 is 12.1 Å². The Kier molecular flexibility index (Phi) is 7.67.